The largest absolute Gasteiger partial charge is 0.357 e. The van der Waals surface area contributed by atoms with Crippen molar-refractivity contribution in [1.82, 2.24) is 13.9 Å². The second-order valence-corrected chi connectivity index (χ2v) is 3.57. The number of rotatable bonds is 3. The van der Waals surface area contributed by atoms with Gasteiger partial charge in [-0.25, -0.2) is 4.98 Å². The Morgan fingerprint density at radius 2 is 2.54 bits per heavy atom. The number of aromatic nitrogens is 3. The standard InChI is InChI=1S/C8H10N4S/c1-12-3-2-7(5-12)4-9-8-10-6-11-13-8/h2-3,5-6H,4H2,1H3,(H,9,10,11). The zero-order valence-electron chi connectivity index (χ0n) is 7.27. The van der Waals surface area contributed by atoms with Gasteiger partial charge in [0.2, 0.25) is 5.13 Å². The second kappa shape index (κ2) is 3.57. The van der Waals surface area contributed by atoms with Gasteiger partial charge in [-0.15, -0.1) is 0 Å². The molecule has 0 aliphatic carbocycles. The SMILES string of the molecule is Cn1ccc(CNc2ncns2)c1. The number of nitrogens with one attached hydrogen (secondary N) is 1. The van der Waals surface area contributed by atoms with E-state index in [1.807, 2.05) is 17.8 Å². The highest BCUT2D eigenvalue weighted by Crippen LogP contribution is 2.09. The summed E-state index contributed by atoms with van der Waals surface area (Å²) < 4.78 is 5.93. The summed E-state index contributed by atoms with van der Waals surface area (Å²) >= 11 is 1.37. The zero-order valence-corrected chi connectivity index (χ0v) is 8.08. The molecule has 0 unspecified atom stereocenters. The van der Waals surface area contributed by atoms with Crippen LogP contribution in [0.3, 0.4) is 0 Å². The van der Waals surface area contributed by atoms with Crippen LogP contribution in [0, 0.1) is 0 Å². The molecule has 0 aliphatic heterocycles. The first-order valence-electron chi connectivity index (χ1n) is 3.96. The molecular formula is C8H10N4S. The van der Waals surface area contributed by atoms with Gasteiger partial charge in [0.15, 0.2) is 0 Å². The molecule has 0 atom stereocenters. The molecular weight excluding hydrogens is 184 g/mol. The van der Waals surface area contributed by atoms with E-state index >= 15 is 0 Å². The molecule has 0 fully saturated rings. The predicted molar refractivity (Wildman–Crippen MR) is 52.6 cm³/mol. The van der Waals surface area contributed by atoms with Crippen LogP contribution < -0.4 is 5.32 Å². The molecule has 5 heteroatoms. The third-order valence-electron chi connectivity index (χ3n) is 1.70. The third kappa shape index (κ3) is 2.06. The molecule has 0 amide bonds. The highest BCUT2D eigenvalue weighted by Gasteiger charge is 1.96. The van der Waals surface area contributed by atoms with Crippen molar-refractivity contribution < 1.29 is 0 Å². The molecule has 0 spiro atoms. The third-order valence-corrected chi connectivity index (χ3v) is 2.32. The quantitative estimate of drug-likeness (QED) is 0.805. The first-order valence-corrected chi connectivity index (χ1v) is 4.73. The maximum absolute atomic E-state index is 4.03. The molecule has 2 heterocycles. The lowest BCUT2D eigenvalue weighted by molar-refractivity contribution is 0.920. The molecule has 4 nitrogen and oxygen atoms in total. The number of anilines is 1. The Morgan fingerprint density at radius 1 is 1.62 bits per heavy atom. The Kier molecular flexibility index (Phi) is 2.27. The Hall–Kier alpha value is -1.36. The van der Waals surface area contributed by atoms with E-state index in [-0.39, 0.29) is 0 Å². The van der Waals surface area contributed by atoms with E-state index in [0.29, 0.717) is 0 Å². The fourth-order valence-electron chi connectivity index (χ4n) is 1.09. The highest BCUT2D eigenvalue weighted by molar-refractivity contribution is 7.09. The summed E-state index contributed by atoms with van der Waals surface area (Å²) in [7, 11) is 2.01. The van der Waals surface area contributed by atoms with E-state index in [1.54, 1.807) is 6.33 Å². The lowest BCUT2D eigenvalue weighted by Crippen LogP contribution is -1.97. The molecule has 13 heavy (non-hydrogen) atoms. The Morgan fingerprint density at radius 3 is 3.15 bits per heavy atom. The predicted octanol–water partition coefficient (Wildman–Crippen LogP) is 1.49. The van der Waals surface area contributed by atoms with Crippen LogP contribution >= 0.6 is 11.5 Å². The van der Waals surface area contributed by atoms with Crippen LogP contribution in [0.5, 0.6) is 0 Å². The fraction of sp³-hybridized carbons (Fsp3) is 0.250. The first-order chi connectivity index (χ1) is 6.34. The smallest absolute Gasteiger partial charge is 0.202 e. The van der Waals surface area contributed by atoms with Crippen molar-refractivity contribution in [2.45, 2.75) is 6.54 Å². The maximum atomic E-state index is 4.03. The van der Waals surface area contributed by atoms with Crippen molar-refractivity contribution in [2.75, 3.05) is 5.32 Å². The van der Waals surface area contributed by atoms with E-state index in [9.17, 15) is 0 Å². The molecule has 1 N–H and O–H groups in total. The molecule has 2 rings (SSSR count). The van der Waals surface area contributed by atoms with Gasteiger partial charge in [-0.3, -0.25) is 0 Å². The highest BCUT2D eigenvalue weighted by atomic mass is 32.1. The van der Waals surface area contributed by atoms with Gasteiger partial charge in [-0.1, -0.05) is 0 Å². The Bertz CT molecular complexity index is 365. The van der Waals surface area contributed by atoms with Gasteiger partial charge in [0.05, 0.1) is 0 Å². The summed E-state index contributed by atoms with van der Waals surface area (Å²) in [6.45, 7) is 0.802. The van der Waals surface area contributed by atoms with Crippen LogP contribution in [-0.2, 0) is 13.6 Å². The van der Waals surface area contributed by atoms with Gasteiger partial charge in [-0.05, 0) is 11.6 Å². The molecule has 2 aromatic rings. The van der Waals surface area contributed by atoms with Crippen molar-refractivity contribution in [2.24, 2.45) is 7.05 Å². The average Bonchev–Trinajstić information content (AvgIpc) is 2.71. The first kappa shape index (κ1) is 8.25. The average molecular weight is 194 g/mol. The molecule has 0 saturated carbocycles. The summed E-state index contributed by atoms with van der Waals surface area (Å²) in [6, 6.07) is 2.08. The summed E-state index contributed by atoms with van der Waals surface area (Å²) in [6.07, 6.45) is 5.66. The lowest BCUT2D eigenvalue weighted by Gasteiger charge is -1.97. The minimum atomic E-state index is 0.802. The molecule has 0 bridgehead atoms. The van der Waals surface area contributed by atoms with E-state index in [4.69, 9.17) is 0 Å². The van der Waals surface area contributed by atoms with Gasteiger partial charge >= 0.3 is 0 Å². The van der Waals surface area contributed by atoms with Crippen molar-refractivity contribution in [3.05, 3.63) is 30.4 Å². The van der Waals surface area contributed by atoms with Gasteiger partial charge < -0.3 is 9.88 Å². The van der Waals surface area contributed by atoms with Gasteiger partial charge in [-0.2, -0.15) is 4.37 Å². The van der Waals surface area contributed by atoms with Crippen LogP contribution in [0.15, 0.2) is 24.8 Å². The lowest BCUT2D eigenvalue weighted by atomic mass is 10.3. The van der Waals surface area contributed by atoms with Gasteiger partial charge in [0, 0.05) is 37.5 Å². The molecule has 0 saturated heterocycles. The maximum Gasteiger partial charge on any atom is 0.202 e. The summed E-state index contributed by atoms with van der Waals surface area (Å²) in [5, 5.41) is 4.05. The molecule has 2 aromatic heterocycles. The number of hydrogen-bond donors (Lipinski definition) is 1. The van der Waals surface area contributed by atoms with Crippen molar-refractivity contribution >= 4 is 16.7 Å². The molecule has 0 radical (unpaired) electrons. The van der Waals surface area contributed by atoms with Crippen LogP contribution in [0.1, 0.15) is 5.56 Å². The minimum Gasteiger partial charge on any atom is -0.357 e. The Balaban J connectivity index is 1.93. The van der Waals surface area contributed by atoms with E-state index in [0.717, 1.165) is 11.7 Å². The monoisotopic (exact) mass is 194 g/mol. The second-order valence-electron chi connectivity index (χ2n) is 2.79. The molecule has 68 valence electrons. The van der Waals surface area contributed by atoms with Crippen molar-refractivity contribution in [3.8, 4) is 0 Å². The van der Waals surface area contributed by atoms with E-state index in [2.05, 4.69) is 26.9 Å². The van der Waals surface area contributed by atoms with Gasteiger partial charge in [0.25, 0.3) is 0 Å². The number of nitrogens with zero attached hydrogens (tertiary/aromatic N) is 3. The van der Waals surface area contributed by atoms with Gasteiger partial charge in [0.1, 0.15) is 6.33 Å². The minimum absolute atomic E-state index is 0.802. The number of hydrogen-bond acceptors (Lipinski definition) is 4. The van der Waals surface area contributed by atoms with Crippen LogP contribution in [0.2, 0.25) is 0 Å². The topological polar surface area (TPSA) is 42.7 Å². The van der Waals surface area contributed by atoms with E-state index in [1.165, 1.54) is 17.1 Å². The summed E-state index contributed by atoms with van der Waals surface area (Å²) in [5.74, 6) is 0. The van der Waals surface area contributed by atoms with Crippen LogP contribution in [0.4, 0.5) is 5.13 Å². The fourth-order valence-corrected chi connectivity index (χ4v) is 1.52. The Labute approximate surface area is 80.4 Å². The number of aryl methyl sites for hydroxylation is 1. The van der Waals surface area contributed by atoms with Crippen molar-refractivity contribution in [3.63, 3.8) is 0 Å². The normalized spacial score (nSPS) is 10.2. The van der Waals surface area contributed by atoms with Crippen LogP contribution in [-0.4, -0.2) is 13.9 Å². The summed E-state index contributed by atoms with van der Waals surface area (Å²) in [4.78, 5) is 4.03. The molecule has 0 aliphatic rings. The van der Waals surface area contributed by atoms with E-state index < -0.39 is 0 Å². The van der Waals surface area contributed by atoms with Crippen molar-refractivity contribution in [1.29, 1.82) is 0 Å². The molecule has 0 aromatic carbocycles. The zero-order chi connectivity index (χ0) is 9.10. The summed E-state index contributed by atoms with van der Waals surface area (Å²) in [5.41, 5.74) is 1.25. The van der Waals surface area contributed by atoms with Crippen LogP contribution in [0.25, 0.3) is 0 Å².